The summed E-state index contributed by atoms with van der Waals surface area (Å²) >= 11 is 18.1. The first-order chi connectivity index (χ1) is 11.9. The van der Waals surface area contributed by atoms with Gasteiger partial charge in [0.25, 0.3) is 0 Å². The molecule has 0 heterocycles. The highest BCUT2D eigenvalue weighted by Crippen LogP contribution is 2.39. The number of hydrogen-bond acceptors (Lipinski definition) is 4. The van der Waals surface area contributed by atoms with E-state index in [-0.39, 0.29) is 22.4 Å². The van der Waals surface area contributed by atoms with Crippen molar-refractivity contribution in [3.05, 3.63) is 57.0 Å². The van der Waals surface area contributed by atoms with Crippen LogP contribution in [0.15, 0.2) is 36.4 Å². The van der Waals surface area contributed by atoms with Crippen LogP contribution in [0.2, 0.25) is 15.1 Å². The van der Waals surface area contributed by atoms with Gasteiger partial charge in [-0.2, -0.15) is 0 Å². The molecular formula is C18H18Cl3NO3. The predicted molar refractivity (Wildman–Crippen MR) is 103 cm³/mol. The molecule has 0 aliphatic rings. The monoisotopic (exact) mass is 401 g/mol. The van der Waals surface area contributed by atoms with Crippen LogP contribution in [0.25, 0.3) is 0 Å². The summed E-state index contributed by atoms with van der Waals surface area (Å²) in [6, 6.07) is 11.3. The van der Waals surface area contributed by atoms with E-state index in [4.69, 9.17) is 44.3 Å². The molecule has 2 aromatic rings. The van der Waals surface area contributed by atoms with Crippen LogP contribution in [0.3, 0.4) is 0 Å². The van der Waals surface area contributed by atoms with Gasteiger partial charge in [-0.1, -0.05) is 53.0 Å². The Labute approximate surface area is 162 Å². The van der Waals surface area contributed by atoms with Crippen molar-refractivity contribution in [2.45, 2.75) is 13.8 Å². The van der Waals surface area contributed by atoms with E-state index in [9.17, 15) is 4.79 Å². The minimum atomic E-state index is -0.866. The normalized spacial score (nSPS) is 10.4. The maximum Gasteiger partial charge on any atom is 0.514 e. The maximum atomic E-state index is 11.9. The molecule has 0 bridgehead atoms. The fraction of sp³-hybridized carbons (Fsp3) is 0.278. The highest BCUT2D eigenvalue weighted by molar-refractivity contribution is 6.41. The van der Waals surface area contributed by atoms with Crippen molar-refractivity contribution in [3.63, 3.8) is 0 Å². The Morgan fingerprint density at radius 3 is 2.44 bits per heavy atom. The number of benzene rings is 2. The zero-order valence-electron chi connectivity index (χ0n) is 13.9. The van der Waals surface area contributed by atoms with E-state index in [0.29, 0.717) is 17.1 Å². The highest BCUT2D eigenvalue weighted by Gasteiger charge is 2.18. The summed E-state index contributed by atoms with van der Waals surface area (Å²) in [5.41, 5.74) is 1.64. The van der Waals surface area contributed by atoms with E-state index in [1.54, 1.807) is 6.92 Å². The van der Waals surface area contributed by atoms with Crippen LogP contribution in [-0.2, 0) is 4.74 Å². The third kappa shape index (κ3) is 5.18. The second kappa shape index (κ2) is 9.18. The van der Waals surface area contributed by atoms with Gasteiger partial charge in [0.05, 0.1) is 16.6 Å². The molecule has 0 aromatic heterocycles. The third-order valence-corrected chi connectivity index (χ3v) is 4.76. The largest absolute Gasteiger partial charge is 0.514 e. The van der Waals surface area contributed by atoms with Crippen molar-refractivity contribution in [2.75, 3.05) is 24.6 Å². The topological polar surface area (TPSA) is 38.8 Å². The third-order valence-electron chi connectivity index (χ3n) is 3.63. The zero-order valence-corrected chi connectivity index (χ0v) is 16.2. The number of rotatable bonds is 6. The minimum absolute atomic E-state index is 0.0469. The average molecular weight is 403 g/mol. The van der Waals surface area contributed by atoms with Gasteiger partial charge in [-0.25, -0.2) is 4.79 Å². The van der Waals surface area contributed by atoms with Gasteiger partial charge >= 0.3 is 6.16 Å². The van der Waals surface area contributed by atoms with Gasteiger partial charge in [-0.05, 0) is 37.6 Å². The molecule has 0 fully saturated rings. The number of ether oxygens (including phenoxy) is 2. The van der Waals surface area contributed by atoms with E-state index < -0.39 is 6.16 Å². The number of halogens is 3. The zero-order chi connectivity index (χ0) is 18.4. The summed E-state index contributed by atoms with van der Waals surface area (Å²) in [4.78, 5) is 14.0. The molecule has 0 aliphatic carbocycles. The lowest BCUT2D eigenvalue weighted by atomic mass is 10.2. The standard InChI is InChI=1S/C18H18Cl3NO3/c1-3-22(13-7-5-4-6-8-13)9-10-24-18(23)25-17-15(20)11-14(19)12(2)16(17)21/h4-8,11H,3,9-10H2,1-2H3. The molecule has 0 amide bonds. The number of nitrogens with zero attached hydrogens (tertiary/aromatic N) is 1. The molecule has 0 unspecified atom stereocenters. The van der Waals surface area contributed by atoms with Gasteiger partial charge in [0.1, 0.15) is 6.61 Å². The molecule has 0 radical (unpaired) electrons. The molecule has 0 saturated carbocycles. The van der Waals surface area contributed by atoms with E-state index in [1.807, 2.05) is 37.3 Å². The van der Waals surface area contributed by atoms with Crippen LogP contribution in [0.5, 0.6) is 5.75 Å². The molecule has 2 aromatic carbocycles. The number of anilines is 1. The smallest absolute Gasteiger partial charge is 0.432 e. The molecular weight excluding hydrogens is 385 g/mol. The van der Waals surface area contributed by atoms with Crippen molar-refractivity contribution in [2.24, 2.45) is 0 Å². The van der Waals surface area contributed by atoms with Crippen LogP contribution in [0.4, 0.5) is 10.5 Å². The van der Waals surface area contributed by atoms with Crippen LogP contribution < -0.4 is 9.64 Å². The molecule has 0 aliphatic heterocycles. The van der Waals surface area contributed by atoms with Crippen LogP contribution >= 0.6 is 34.8 Å². The summed E-state index contributed by atoms with van der Waals surface area (Å²) in [6.45, 7) is 5.23. The summed E-state index contributed by atoms with van der Waals surface area (Å²) in [5.74, 6) is 0.0469. The van der Waals surface area contributed by atoms with E-state index >= 15 is 0 Å². The molecule has 0 saturated heterocycles. The van der Waals surface area contributed by atoms with Crippen molar-refractivity contribution in [1.82, 2.24) is 0 Å². The highest BCUT2D eigenvalue weighted by atomic mass is 35.5. The second-order valence-electron chi connectivity index (χ2n) is 5.22. The molecule has 2 rings (SSSR count). The fourth-order valence-electron chi connectivity index (χ4n) is 2.22. The van der Waals surface area contributed by atoms with Crippen molar-refractivity contribution in [3.8, 4) is 5.75 Å². The Kier molecular flexibility index (Phi) is 7.24. The van der Waals surface area contributed by atoms with Crippen LogP contribution in [0.1, 0.15) is 12.5 Å². The van der Waals surface area contributed by atoms with Gasteiger partial charge in [0, 0.05) is 17.3 Å². The summed E-state index contributed by atoms with van der Waals surface area (Å²) in [7, 11) is 0. The van der Waals surface area contributed by atoms with Gasteiger partial charge in [0.2, 0.25) is 0 Å². The Balaban J connectivity index is 1.92. The maximum absolute atomic E-state index is 11.9. The first kappa shape index (κ1) is 19.7. The van der Waals surface area contributed by atoms with Crippen molar-refractivity contribution >= 4 is 46.6 Å². The van der Waals surface area contributed by atoms with Gasteiger partial charge in [0.15, 0.2) is 5.75 Å². The number of carbonyl (C=O) groups excluding carboxylic acids is 1. The molecule has 0 atom stereocenters. The average Bonchev–Trinajstić information content (AvgIpc) is 2.61. The lowest BCUT2D eigenvalue weighted by Gasteiger charge is -2.22. The fourth-order valence-corrected chi connectivity index (χ4v) is 3.06. The lowest BCUT2D eigenvalue weighted by Crippen LogP contribution is -2.28. The number of likely N-dealkylation sites (N-methyl/N-ethyl adjacent to an activating group) is 1. The summed E-state index contributed by atoms with van der Waals surface area (Å²) < 4.78 is 10.3. The SMILES string of the molecule is CCN(CCOC(=O)Oc1c(Cl)cc(Cl)c(C)c1Cl)c1ccccc1. The molecule has 7 heteroatoms. The molecule has 4 nitrogen and oxygen atoms in total. The van der Waals surface area contributed by atoms with Crippen LogP contribution in [-0.4, -0.2) is 25.9 Å². The first-order valence-electron chi connectivity index (χ1n) is 7.72. The van der Waals surface area contributed by atoms with Crippen LogP contribution in [0, 0.1) is 6.92 Å². The first-order valence-corrected chi connectivity index (χ1v) is 8.86. The Bertz CT molecular complexity index is 738. The number of carbonyl (C=O) groups is 1. The van der Waals surface area contributed by atoms with E-state index in [1.165, 1.54) is 6.07 Å². The van der Waals surface area contributed by atoms with E-state index in [2.05, 4.69) is 4.90 Å². The molecule has 0 spiro atoms. The van der Waals surface area contributed by atoms with Crippen molar-refractivity contribution in [1.29, 1.82) is 0 Å². The Morgan fingerprint density at radius 1 is 1.12 bits per heavy atom. The molecule has 134 valence electrons. The molecule has 0 N–H and O–H groups in total. The lowest BCUT2D eigenvalue weighted by molar-refractivity contribution is 0.101. The minimum Gasteiger partial charge on any atom is -0.432 e. The van der Waals surface area contributed by atoms with Gasteiger partial charge < -0.3 is 14.4 Å². The Hall–Kier alpha value is -1.62. The van der Waals surface area contributed by atoms with Gasteiger partial charge in [-0.15, -0.1) is 0 Å². The summed E-state index contributed by atoms with van der Waals surface area (Å²) in [6.07, 6.45) is -0.866. The number of hydrogen-bond donors (Lipinski definition) is 0. The quantitative estimate of drug-likeness (QED) is 0.439. The number of para-hydroxylation sites is 1. The predicted octanol–water partition coefficient (Wildman–Crippen LogP) is 6.00. The second-order valence-corrected chi connectivity index (χ2v) is 6.42. The Morgan fingerprint density at radius 2 is 1.80 bits per heavy atom. The summed E-state index contributed by atoms with van der Waals surface area (Å²) in [5, 5.41) is 0.739. The van der Waals surface area contributed by atoms with E-state index in [0.717, 1.165) is 12.2 Å². The van der Waals surface area contributed by atoms with Gasteiger partial charge in [-0.3, -0.25) is 0 Å². The van der Waals surface area contributed by atoms with Crippen molar-refractivity contribution < 1.29 is 14.3 Å². The molecule has 25 heavy (non-hydrogen) atoms.